The lowest BCUT2D eigenvalue weighted by molar-refractivity contribution is 0.579. The van der Waals surface area contributed by atoms with Crippen molar-refractivity contribution in [2.75, 3.05) is 6.54 Å². The summed E-state index contributed by atoms with van der Waals surface area (Å²) in [7, 11) is 0. The predicted octanol–water partition coefficient (Wildman–Crippen LogP) is 4.36. The van der Waals surface area contributed by atoms with Crippen LogP contribution in [0.5, 0.6) is 0 Å². The molecule has 2 heterocycles. The molecule has 4 heteroatoms. The van der Waals surface area contributed by atoms with Crippen molar-refractivity contribution >= 4 is 30.4 Å². The van der Waals surface area contributed by atoms with Crippen LogP contribution in [0.4, 0.5) is 0 Å². The molecule has 1 N–H and O–H groups in total. The molecule has 1 fully saturated rings. The van der Waals surface area contributed by atoms with Gasteiger partial charge in [-0.3, -0.25) is 4.98 Å². The van der Waals surface area contributed by atoms with Crippen molar-refractivity contribution < 1.29 is 0 Å². The number of hydrogen-bond acceptors (Lipinski definition) is 2. The Morgan fingerprint density at radius 1 is 0.955 bits per heavy atom. The highest BCUT2D eigenvalue weighted by molar-refractivity contribution is 5.85. The van der Waals surface area contributed by atoms with Crippen LogP contribution in [0.2, 0.25) is 0 Å². The van der Waals surface area contributed by atoms with E-state index in [-0.39, 0.29) is 24.8 Å². The van der Waals surface area contributed by atoms with Gasteiger partial charge in [0.1, 0.15) is 0 Å². The Balaban J connectivity index is 0.000000882. The van der Waals surface area contributed by atoms with Crippen molar-refractivity contribution in [3.8, 4) is 11.1 Å². The van der Waals surface area contributed by atoms with E-state index in [4.69, 9.17) is 0 Å². The van der Waals surface area contributed by atoms with Crippen molar-refractivity contribution in [3.05, 3.63) is 60.4 Å². The number of aromatic nitrogens is 1. The van der Waals surface area contributed by atoms with E-state index in [0.29, 0.717) is 6.04 Å². The molecule has 1 aliphatic heterocycles. The van der Waals surface area contributed by atoms with E-state index < -0.39 is 0 Å². The fraction of sp³-hybridized carbons (Fsp3) is 0.278. The van der Waals surface area contributed by atoms with Gasteiger partial charge in [-0.1, -0.05) is 36.4 Å². The number of nitrogens with one attached hydrogen (secondary N) is 1. The molecule has 4 rings (SSSR count). The Morgan fingerprint density at radius 2 is 1.73 bits per heavy atom. The largest absolute Gasteiger partial charge is 0.310 e. The Morgan fingerprint density at radius 3 is 2.50 bits per heavy atom. The average molecular weight is 335 g/mol. The Hall–Kier alpha value is -1.35. The van der Waals surface area contributed by atoms with Gasteiger partial charge in [0.25, 0.3) is 0 Å². The van der Waals surface area contributed by atoms with Gasteiger partial charge in [-0.15, -0.1) is 24.8 Å². The number of pyridine rings is 1. The first-order valence-electron chi connectivity index (χ1n) is 7.33. The van der Waals surface area contributed by atoms with Crippen molar-refractivity contribution in [1.82, 2.24) is 10.3 Å². The molecule has 2 nitrogen and oxygen atoms in total. The maximum absolute atomic E-state index is 4.45. The average Bonchev–Trinajstić information content (AvgIpc) is 2.86. The Bertz CT molecular complexity index is 655. The zero-order valence-electron chi connectivity index (χ0n) is 12.2. The van der Waals surface area contributed by atoms with Crippen molar-refractivity contribution in [2.45, 2.75) is 18.9 Å². The minimum atomic E-state index is 0. The highest BCUT2D eigenvalue weighted by Gasteiger charge is 2.28. The molecule has 0 saturated carbocycles. The van der Waals surface area contributed by atoms with Crippen LogP contribution in [-0.2, 0) is 0 Å². The number of hydrogen-bond donors (Lipinski definition) is 1. The molecule has 0 spiro atoms. The summed E-state index contributed by atoms with van der Waals surface area (Å²) in [6.45, 7) is 1.16. The van der Waals surface area contributed by atoms with Gasteiger partial charge in [0.05, 0.1) is 0 Å². The summed E-state index contributed by atoms with van der Waals surface area (Å²) in [5.41, 5.74) is 5.18. The molecule has 22 heavy (non-hydrogen) atoms. The van der Waals surface area contributed by atoms with Crippen molar-refractivity contribution in [3.63, 3.8) is 0 Å². The number of fused-ring (bicyclic) bond motifs is 2. The maximum Gasteiger partial charge on any atom is 0.0346 e. The molecule has 2 unspecified atom stereocenters. The van der Waals surface area contributed by atoms with E-state index in [1.807, 2.05) is 18.5 Å². The summed E-state index contributed by atoms with van der Waals surface area (Å²) in [5.74, 6) is 0.806. The van der Waals surface area contributed by atoms with Crippen LogP contribution in [0, 0.1) is 5.92 Å². The second kappa shape index (κ2) is 7.28. The zero-order chi connectivity index (χ0) is 13.4. The second-order valence-electron chi connectivity index (χ2n) is 5.84. The van der Waals surface area contributed by atoms with Crippen molar-refractivity contribution in [1.29, 1.82) is 0 Å². The molecule has 1 aromatic heterocycles. The SMILES string of the molecule is C1=C(c2cncc(-c3ccccc3)c2)CC2CNC1C2.Cl.Cl. The van der Waals surface area contributed by atoms with E-state index >= 15 is 0 Å². The molecular formula is C18H20Cl2N2. The van der Waals surface area contributed by atoms with Crippen LogP contribution < -0.4 is 5.32 Å². The summed E-state index contributed by atoms with van der Waals surface area (Å²) in [5, 5.41) is 3.57. The van der Waals surface area contributed by atoms with Gasteiger partial charge >= 0.3 is 0 Å². The van der Waals surface area contributed by atoms with Gasteiger partial charge < -0.3 is 5.32 Å². The first kappa shape index (κ1) is 17.0. The van der Waals surface area contributed by atoms with Crippen LogP contribution in [0.25, 0.3) is 16.7 Å². The standard InChI is InChI=1S/C18H18N2.2ClH/c1-2-4-14(5-3-1)16-8-17(12-19-11-16)15-6-13-7-18(9-15)20-10-13;;/h1-5,8-9,11-13,18,20H,6-7,10H2;2*1H. The second-order valence-corrected chi connectivity index (χ2v) is 5.84. The number of allylic oxidation sites excluding steroid dienone is 1. The summed E-state index contributed by atoms with van der Waals surface area (Å²) in [6.07, 6.45) is 8.84. The molecule has 2 bridgehead atoms. The Labute approximate surface area is 143 Å². The third-order valence-corrected chi connectivity index (χ3v) is 4.38. The van der Waals surface area contributed by atoms with E-state index in [2.05, 4.69) is 46.7 Å². The Kier molecular flexibility index (Phi) is 5.63. The first-order chi connectivity index (χ1) is 9.88. The van der Waals surface area contributed by atoms with E-state index in [1.165, 1.54) is 35.1 Å². The van der Waals surface area contributed by atoms with Gasteiger partial charge in [0.15, 0.2) is 0 Å². The molecule has 2 aromatic rings. The van der Waals surface area contributed by atoms with Gasteiger partial charge in [-0.25, -0.2) is 0 Å². The number of rotatable bonds is 2. The minimum Gasteiger partial charge on any atom is -0.310 e. The zero-order valence-corrected chi connectivity index (χ0v) is 13.9. The molecule has 116 valence electrons. The smallest absolute Gasteiger partial charge is 0.0346 e. The molecule has 1 aliphatic carbocycles. The first-order valence-corrected chi connectivity index (χ1v) is 7.33. The fourth-order valence-corrected chi connectivity index (χ4v) is 3.37. The number of benzene rings is 1. The lowest BCUT2D eigenvalue weighted by atomic mass is 9.86. The van der Waals surface area contributed by atoms with Crippen LogP contribution >= 0.6 is 24.8 Å². The third kappa shape index (κ3) is 3.35. The summed E-state index contributed by atoms with van der Waals surface area (Å²) >= 11 is 0. The van der Waals surface area contributed by atoms with E-state index in [9.17, 15) is 0 Å². The van der Waals surface area contributed by atoms with Crippen LogP contribution in [0.15, 0.2) is 54.9 Å². The maximum atomic E-state index is 4.45. The van der Waals surface area contributed by atoms with Crippen molar-refractivity contribution in [2.24, 2.45) is 5.92 Å². The number of halogens is 2. The third-order valence-electron chi connectivity index (χ3n) is 4.38. The van der Waals surface area contributed by atoms with E-state index in [0.717, 1.165) is 12.5 Å². The molecule has 0 radical (unpaired) electrons. The minimum absolute atomic E-state index is 0. The normalized spacial score (nSPS) is 22.3. The quantitative estimate of drug-likeness (QED) is 0.882. The van der Waals surface area contributed by atoms with Crippen LogP contribution in [-0.4, -0.2) is 17.6 Å². The van der Waals surface area contributed by atoms with Gasteiger partial charge in [0.2, 0.25) is 0 Å². The molecule has 1 saturated heterocycles. The lowest BCUT2D eigenvalue weighted by Gasteiger charge is -2.19. The van der Waals surface area contributed by atoms with Crippen LogP contribution in [0.1, 0.15) is 18.4 Å². The summed E-state index contributed by atoms with van der Waals surface area (Å²) < 4.78 is 0. The molecule has 2 aliphatic rings. The fourth-order valence-electron chi connectivity index (χ4n) is 3.37. The molecule has 0 amide bonds. The van der Waals surface area contributed by atoms with Gasteiger partial charge in [-0.05, 0) is 48.1 Å². The van der Waals surface area contributed by atoms with E-state index in [1.54, 1.807) is 0 Å². The molecular weight excluding hydrogens is 315 g/mol. The summed E-state index contributed by atoms with van der Waals surface area (Å²) in [4.78, 5) is 4.45. The highest BCUT2D eigenvalue weighted by Crippen LogP contribution is 2.35. The highest BCUT2D eigenvalue weighted by atomic mass is 35.5. The predicted molar refractivity (Wildman–Crippen MR) is 96.7 cm³/mol. The summed E-state index contributed by atoms with van der Waals surface area (Å²) in [6, 6.07) is 13.3. The monoisotopic (exact) mass is 334 g/mol. The topological polar surface area (TPSA) is 24.9 Å². The lowest BCUT2D eigenvalue weighted by Crippen LogP contribution is -2.18. The molecule has 1 aromatic carbocycles. The van der Waals surface area contributed by atoms with Gasteiger partial charge in [-0.2, -0.15) is 0 Å². The van der Waals surface area contributed by atoms with Gasteiger partial charge in [0, 0.05) is 24.0 Å². The number of nitrogens with zero attached hydrogens (tertiary/aromatic N) is 1. The van der Waals surface area contributed by atoms with Crippen LogP contribution in [0.3, 0.4) is 0 Å². The molecule has 2 atom stereocenters.